The average Bonchev–Trinajstić information content (AvgIpc) is 2.63. The van der Waals surface area contributed by atoms with E-state index >= 15 is 0 Å². The average molecular weight is 243 g/mol. The lowest BCUT2D eigenvalue weighted by atomic mass is 10.2. The topological polar surface area (TPSA) is 68.0 Å². The number of aromatic nitrogens is 3. The monoisotopic (exact) mass is 243 g/mol. The third kappa shape index (κ3) is 2.29. The van der Waals surface area contributed by atoms with Gasteiger partial charge in [-0.25, -0.2) is 14.8 Å². The summed E-state index contributed by atoms with van der Waals surface area (Å²) >= 11 is 0. The van der Waals surface area contributed by atoms with E-state index in [-0.39, 0.29) is 0 Å². The van der Waals surface area contributed by atoms with E-state index in [1.807, 2.05) is 24.5 Å². The van der Waals surface area contributed by atoms with Gasteiger partial charge in [0.15, 0.2) is 0 Å². The lowest BCUT2D eigenvalue weighted by Gasteiger charge is -2.06. The number of rotatable bonds is 3. The van der Waals surface area contributed by atoms with E-state index in [4.69, 9.17) is 5.11 Å². The van der Waals surface area contributed by atoms with Gasteiger partial charge in [0.25, 0.3) is 0 Å². The van der Waals surface area contributed by atoms with E-state index in [2.05, 4.69) is 9.97 Å². The molecule has 0 fully saturated rings. The van der Waals surface area contributed by atoms with Crippen molar-refractivity contribution in [2.45, 2.75) is 13.8 Å². The number of carbonyl (C=O) groups is 1. The summed E-state index contributed by atoms with van der Waals surface area (Å²) in [5.41, 5.74) is 2.72. The molecule has 0 saturated heterocycles. The van der Waals surface area contributed by atoms with Crippen LogP contribution in [-0.2, 0) is 4.79 Å². The van der Waals surface area contributed by atoms with Crippen LogP contribution in [0.2, 0.25) is 0 Å². The van der Waals surface area contributed by atoms with Crippen molar-refractivity contribution in [2.24, 2.45) is 0 Å². The Morgan fingerprint density at radius 3 is 2.61 bits per heavy atom. The molecule has 0 aliphatic rings. The predicted octanol–water partition coefficient (Wildman–Crippen LogP) is 1.98. The molecule has 0 saturated carbocycles. The van der Waals surface area contributed by atoms with Gasteiger partial charge in [-0.2, -0.15) is 0 Å². The standard InChI is InChI=1S/C13H13N3O2/c1-9-8-11(4-5-12(17)18)10(2)16(9)13-14-6-3-7-15-13/h3-8H,1-2H3,(H,17,18)/b5-4+. The number of carboxylic acids is 1. The van der Waals surface area contributed by atoms with Gasteiger partial charge in [-0.15, -0.1) is 0 Å². The van der Waals surface area contributed by atoms with Gasteiger partial charge in [-0.1, -0.05) is 0 Å². The van der Waals surface area contributed by atoms with E-state index in [0.717, 1.165) is 23.0 Å². The van der Waals surface area contributed by atoms with Crippen molar-refractivity contribution in [3.8, 4) is 5.95 Å². The number of hydrogen-bond acceptors (Lipinski definition) is 3. The van der Waals surface area contributed by atoms with Gasteiger partial charge >= 0.3 is 5.97 Å². The van der Waals surface area contributed by atoms with Crippen LogP contribution in [-0.4, -0.2) is 25.6 Å². The van der Waals surface area contributed by atoms with Crippen molar-refractivity contribution < 1.29 is 9.90 Å². The maximum absolute atomic E-state index is 10.5. The fraction of sp³-hybridized carbons (Fsp3) is 0.154. The van der Waals surface area contributed by atoms with E-state index < -0.39 is 5.97 Å². The van der Waals surface area contributed by atoms with Crippen LogP contribution in [0.15, 0.2) is 30.6 Å². The molecule has 2 aromatic rings. The van der Waals surface area contributed by atoms with Crippen molar-refractivity contribution in [1.82, 2.24) is 14.5 Å². The molecule has 0 unspecified atom stereocenters. The molecule has 0 spiro atoms. The van der Waals surface area contributed by atoms with Crippen LogP contribution < -0.4 is 0 Å². The Bertz CT molecular complexity index is 600. The lowest BCUT2D eigenvalue weighted by Crippen LogP contribution is -2.03. The Balaban J connectivity index is 2.48. The Hall–Kier alpha value is -2.43. The third-order valence-corrected chi connectivity index (χ3v) is 2.63. The minimum absolute atomic E-state index is 0.586. The number of aryl methyl sites for hydroxylation is 1. The van der Waals surface area contributed by atoms with Gasteiger partial charge < -0.3 is 5.11 Å². The smallest absolute Gasteiger partial charge is 0.328 e. The fourth-order valence-electron chi connectivity index (χ4n) is 1.83. The summed E-state index contributed by atoms with van der Waals surface area (Å²) in [7, 11) is 0. The highest BCUT2D eigenvalue weighted by atomic mass is 16.4. The summed E-state index contributed by atoms with van der Waals surface area (Å²) in [5, 5.41) is 8.64. The van der Waals surface area contributed by atoms with Crippen molar-refractivity contribution >= 4 is 12.0 Å². The zero-order chi connectivity index (χ0) is 13.1. The minimum Gasteiger partial charge on any atom is -0.478 e. The summed E-state index contributed by atoms with van der Waals surface area (Å²) in [6.45, 7) is 3.84. The fourth-order valence-corrected chi connectivity index (χ4v) is 1.83. The summed E-state index contributed by atoms with van der Waals surface area (Å²) < 4.78 is 1.89. The van der Waals surface area contributed by atoms with E-state index in [1.54, 1.807) is 24.5 Å². The minimum atomic E-state index is -0.962. The maximum atomic E-state index is 10.5. The molecule has 1 N–H and O–H groups in total. The zero-order valence-corrected chi connectivity index (χ0v) is 10.2. The predicted molar refractivity (Wildman–Crippen MR) is 67.5 cm³/mol. The molecular formula is C13H13N3O2. The first kappa shape index (κ1) is 12.0. The van der Waals surface area contributed by atoms with Gasteiger partial charge in [0.05, 0.1) is 0 Å². The van der Waals surface area contributed by atoms with Gasteiger partial charge in [0, 0.05) is 29.9 Å². The van der Waals surface area contributed by atoms with Crippen molar-refractivity contribution in [3.05, 3.63) is 47.6 Å². The molecule has 5 nitrogen and oxygen atoms in total. The molecule has 0 atom stereocenters. The zero-order valence-electron chi connectivity index (χ0n) is 10.2. The molecule has 0 radical (unpaired) electrons. The van der Waals surface area contributed by atoms with Gasteiger partial charge in [0.2, 0.25) is 5.95 Å². The highest BCUT2D eigenvalue weighted by molar-refractivity contribution is 5.85. The van der Waals surface area contributed by atoms with Crippen LogP contribution in [0.3, 0.4) is 0 Å². The highest BCUT2D eigenvalue weighted by Gasteiger charge is 2.10. The number of aliphatic carboxylic acids is 1. The molecule has 2 rings (SSSR count). The SMILES string of the molecule is Cc1cc(/C=C/C(=O)O)c(C)n1-c1ncccn1. The summed E-state index contributed by atoms with van der Waals surface area (Å²) in [6.07, 6.45) is 6.05. The van der Waals surface area contributed by atoms with Crippen molar-refractivity contribution in [2.75, 3.05) is 0 Å². The molecule has 2 heterocycles. The van der Waals surface area contributed by atoms with Crippen LogP contribution in [0.25, 0.3) is 12.0 Å². The summed E-state index contributed by atoms with van der Waals surface area (Å²) in [4.78, 5) is 18.9. The van der Waals surface area contributed by atoms with Gasteiger partial charge in [-0.05, 0) is 37.6 Å². The second-order valence-electron chi connectivity index (χ2n) is 3.88. The Morgan fingerprint density at radius 1 is 1.33 bits per heavy atom. The van der Waals surface area contributed by atoms with Gasteiger partial charge in [0.1, 0.15) is 0 Å². The quantitative estimate of drug-likeness (QED) is 0.837. The normalized spacial score (nSPS) is 11.0. The van der Waals surface area contributed by atoms with Crippen molar-refractivity contribution in [3.63, 3.8) is 0 Å². The van der Waals surface area contributed by atoms with Crippen molar-refractivity contribution in [1.29, 1.82) is 0 Å². The molecule has 0 amide bonds. The summed E-state index contributed by atoms with van der Waals surface area (Å²) in [6, 6.07) is 3.66. The van der Waals surface area contributed by atoms with Gasteiger partial charge in [-0.3, -0.25) is 4.57 Å². The second kappa shape index (κ2) is 4.83. The first-order chi connectivity index (χ1) is 8.59. The molecule has 0 bridgehead atoms. The molecular weight excluding hydrogens is 230 g/mol. The van der Waals surface area contributed by atoms with E-state index in [1.165, 1.54) is 0 Å². The highest BCUT2D eigenvalue weighted by Crippen LogP contribution is 2.19. The molecule has 0 aliphatic heterocycles. The Morgan fingerprint density at radius 2 is 2.00 bits per heavy atom. The Labute approximate surface area is 104 Å². The van der Waals surface area contributed by atoms with Crippen LogP contribution in [0.4, 0.5) is 0 Å². The first-order valence-electron chi connectivity index (χ1n) is 5.47. The van der Waals surface area contributed by atoms with E-state index in [0.29, 0.717) is 5.95 Å². The molecule has 2 aromatic heterocycles. The largest absolute Gasteiger partial charge is 0.478 e. The van der Waals surface area contributed by atoms with Crippen LogP contribution in [0, 0.1) is 13.8 Å². The summed E-state index contributed by atoms with van der Waals surface area (Å²) in [5.74, 6) is -0.377. The molecule has 18 heavy (non-hydrogen) atoms. The number of hydrogen-bond donors (Lipinski definition) is 1. The first-order valence-corrected chi connectivity index (χ1v) is 5.47. The molecule has 0 aliphatic carbocycles. The lowest BCUT2D eigenvalue weighted by molar-refractivity contribution is -0.131. The molecule has 92 valence electrons. The third-order valence-electron chi connectivity index (χ3n) is 2.63. The maximum Gasteiger partial charge on any atom is 0.328 e. The number of carboxylic acid groups (broad SMARTS) is 1. The molecule has 5 heteroatoms. The van der Waals surface area contributed by atoms with Crippen LogP contribution >= 0.6 is 0 Å². The van der Waals surface area contributed by atoms with Crippen LogP contribution in [0.1, 0.15) is 17.0 Å². The van der Waals surface area contributed by atoms with Crippen LogP contribution in [0.5, 0.6) is 0 Å². The van der Waals surface area contributed by atoms with E-state index in [9.17, 15) is 4.79 Å². The number of nitrogens with zero attached hydrogens (tertiary/aromatic N) is 3. The molecule has 0 aromatic carbocycles. The second-order valence-corrected chi connectivity index (χ2v) is 3.88. The Kier molecular flexibility index (Phi) is 3.23.